The molecule has 0 unspecified atom stereocenters. The molecule has 3 heteroatoms. The van der Waals surface area contributed by atoms with Crippen LogP contribution in [0, 0.1) is 13.8 Å². The Hall–Kier alpha value is -1.87. The first-order valence-electron chi connectivity index (χ1n) is 7.10. The van der Waals surface area contributed by atoms with Crippen molar-refractivity contribution < 1.29 is 4.74 Å². The minimum atomic E-state index is 0.682. The maximum absolute atomic E-state index is 5.95. The third-order valence-electron chi connectivity index (χ3n) is 3.00. The fraction of sp³-hybridized carbons (Fsp3) is 0.353. The van der Waals surface area contributed by atoms with Crippen molar-refractivity contribution in [1.82, 2.24) is 10.3 Å². The van der Waals surface area contributed by atoms with Gasteiger partial charge in [0.25, 0.3) is 0 Å². The molecule has 1 aromatic carbocycles. The molecular weight excluding hydrogens is 248 g/mol. The second-order valence-corrected chi connectivity index (χ2v) is 5.07. The van der Waals surface area contributed by atoms with Gasteiger partial charge in [-0.2, -0.15) is 0 Å². The Morgan fingerprint density at radius 1 is 1.15 bits per heavy atom. The topological polar surface area (TPSA) is 34.2 Å². The number of hydrogen-bond acceptors (Lipinski definition) is 3. The first-order chi connectivity index (χ1) is 9.69. The van der Waals surface area contributed by atoms with Crippen molar-refractivity contribution in [3.63, 3.8) is 0 Å². The van der Waals surface area contributed by atoms with Gasteiger partial charge >= 0.3 is 0 Å². The van der Waals surface area contributed by atoms with Gasteiger partial charge in [0.15, 0.2) is 0 Å². The molecule has 1 heterocycles. The van der Waals surface area contributed by atoms with Crippen LogP contribution in [0.2, 0.25) is 0 Å². The Bertz CT molecular complexity index is 546. The van der Waals surface area contributed by atoms with Gasteiger partial charge in [0.1, 0.15) is 5.75 Å². The molecule has 1 aromatic heterocycles. The maximum atomic E-state index is 5.95. The second-order valence-electron chi connectivity index (χ2n) is 5.07. The van der Waals surface area contributed by atoms with Crippen LogP contribution >= 0.6 is 0 Å². The van der Waals surface area contributed by atoms with Crippen LogP contribution in [0.4, 0.5) is 0 Å². The molecule has 20 heavy (non-hydrogen) atoms. The fourth-order valence-electron chi connectivity index (χ4n) is 2.15. The standard InChI is InChI=1S/C17H22N2O/c1-4-7-18-12-15-6-5-8-19-17(15)20-16-10-13(2)9-14(3)11-16/h5-6,8-11,18H,4,7,12H2,1-3H3. The minimum absolute atomic E-state index is 0.682. The van der Waals surface area contributed by atoms with Gasteiger partial charge in [-0.3, -0.25) is 0 Å². The molecule has 0 saturated carbocycles. The predicted molar refractivity (Wildman–Crippen MR) is 82.2 cm³/mol. The molecule has 0 aliphatic heterocycles. The lowest BCUT2D eigenvalue weighted by atomic mass is 10.1. The van der Waals surface area contributed by atoms with Crippen LogP contribution in [0.5, 0.6) is 11.6 Å². The lowest BCUT2D eigenvalue weighted by Crippen LogP contribution is -2.14. The van der Waals surface area contributed by atoms with Crippen molar-refractivity contribution in [2.24, 2.45) is 0 Å². The lowest BCUT2D eigenvalue weighted by molar-refractivity contribution is 0.452. The highest BCUT2D eigenvalue weighted by atomic mass is 16.5. The number of aryl methyl sites for hydroxylation is 2. The van der Waals surface area contributed by atoms with E-state index in [0.717, 1.165) is 30.8 Å². The van der Waals surface area contributed by atoms with E-state index in [1.165, 1.54) is 11.1 Å². The molecule has 106 valence electrons. The number of nitrogens with zero attached hydrogens (tertiary/aromatic N) is 1. The first-order valence-corrected chi connectivity index (χ1v) is 7.10. The van der Waals surface area contributed by atoms with Crippen LogP contribution in [-0.2, 0) is 6.54 Å². The third kappa shape index (κ3) is 4.07. The van der Waals surface area contributed by atoms with Gasteiger partial charge in [-0.15, -0.1) is 0 Å². The van der Waals surface area contributed by atoms with E-state index in [0.29, 0.717) is 5.88 Å². The van der Waals surface area contributed by atoms with Crippen molar-refractivity contribution in [2.45, 2.75) is 33.7 Å². The smallest absolute Gasteiger partial charge is 0.223 e. The van der Waals surface area contributed by atoms with E-state index in [1.807, 2.05) is 24.3 Å². The minimum Gasteiger partial charge on any atom is -0.439 e. The van der Waals surface area contributed by atoms with E-state index in [9.17, 15) is 0 Å². The second kappa shape index (κ2) is 7.06. The molecule has 0 aliphatic rings. The molecular formula is C17H22N2O. The number of aromatic nitrogens is 1. The summed E-state index contributed by atoms with van der Waals surface area (Å²) < 4.78 is 5.95. The Morgan fingerprint density at radius 3 is 2.60 bits per heavy atom. The molecule has 0 spiro atoms. The quantitative estimate of drug-likeness (QED) is 0.806. The molecule has 0 saturated heterocycles. The fourth-order valence-corrected chi connectivity index (χ4v) is 2.15. The van der Waals surface area contributed by atoms with E-state index in [2.05, 4.69) is 37.1 Å². The Labute approximate surface area is 121 Å². The summed E-state index contributed by atoms with van der Waals surface area (Å²) in [6.07, 6.45) is 2.88. The largest absolute Gasteiger partial charge is 0.439 e. The zero-order valence-electron chi connectivity index (χ0n) is 12.4. The Balaban J connectivity index is 2.15. The molecule has 1 N–H and O–H groups in total. The van der Waals surface area contributed by atoms with Crippen molar-refractivity contribution in [2.75, 3.05) is 6.54 Å². The van der Waals surface area contributed by atoms with E-state index < -0.39 is 0 Å². The van der Waals surface area contributed by atoms with Gasteiger partial charge < -0.3 is 10.1 Å². The van der Waals surface area contributed by atoms with Gasteiger partial charge in [-0.05, 0) is 56.1 Å². The van der Waals surface area contributed by atoms with Gasteiger partial charge in [0.05, 0.1) is 0 Å². The van der Waals surface area contributed by atoms with E-state index >= 15 is 0 Å². The lowest BCUT2D eigenvalue weighted by Gasteiger charge is -2.11. The highest BCUT2D eigenvalue weighted by Gasteiger charge is 2.06. The van der Waals surface area contributed by atoms with Crippen LogP contribution in [0.3, 0.4) is 0 Å². The summed E-state index contributed by atoms with van der Waals surface area (Å²) in [7, 11) is 0. The molecule has 2 aromatic rings. The molecule has 0 fully saturated rings. The summed E-state index contributed by atoms with van der Waals surface area (Å²) >= 11 is 0. The highest BCUT2D eigenvalue weighted by molar-refractivity contribution is 5.37. The van der Waals surface area contributed by atoms with Gasteiger partial charge in [0.2, 0.25) is 5.88 Å². The molecule has 0 atom stereocenters. The van der Waals surface area contributed by atoms with Crippen molar-refractivity contribution in [3.05, 3.63) is 53.2 Å². The maximum Gasteiger partial charge on any atom is 0.223 e. The van der Waals surface area contributed by atoms with Crippen molar-refractivity contribution in [3.8, 4) is 11.6 Å². The van der Waals surface area contributed by atoms with Crippen LogP contribution in [0.1, 0.15) is 30.0 Å². The van der Waals surface area contributed by atoms with E-state index in [-0.39, 0.29) is 0 Å². The third-order valence-corrected chi connectivity index (χ3v) is 3.00. The summed E-state index contributed by atoms with van der Waals surface area (Å²) in [5, 5.41) is 3.38. The van der Waals surface area contributed by atoms with Crippen LogP contribution in [0.15, 0.2) is 36.5 Å². The summed E-state index contributed by atoms with van der Waals surface area (Å²) in [4.78, 5) is 4.35. The number of rotatable bonds is 6. The summed E-state index contributed by atoms with van der Waals surface area (Å²) in [5.41, 5.74) is 3.48. The van der Waals surface area contributed by atoms with Gasteiger partial charge in [-0.25, -0.2) is 4.98 Å². The molecule has 3 nitrogen and oxygen atoms in total. The van der Waals surface area contributed by atoms with Gasteiger partial charge in [0, 0.05) is 18.3 Å². The van der Waals surface area contributed by atoms with E-state index in [4.69, 9.17) is 4.74 Å². The molecule has 0 radical (unpaired) electrons. The normalized spacial score (nSPS) is 10.6. The predicted octanol–water partition coefficient (Wildman–Crippen LogP) is 3.99. The highest BCUT2D eigenvalue weighted by Crippen LogP contribution is 2.24. The summed E-state index contributed by atoms with van der Waals surface area (Å²) in [6, 6.07) is 10.2. The molecule has 0 bridgehead atoms. The van der Waals surface area contributed by atoms with Crippen LogP contribution in [-0.4, -0.2) is 11.5 Å². The number of benzene rings is 1. The summed E-state index contributed by atoms with van der Waals surface area (Å²) in [5.74, 6) is 1.53. The molecule has 0 amide bonds. The van der Waals surface area contributed by atoms with E-state index in [1.54, 1.807) is 6.20 Å². The number of hydrogen-bond donors (Lipinski definition) is 1. The summed E-state index contributed by atoms with van der Waals surface area (Å²) in [6.45, 7) is 8.08. The number of ether oxygens (including phenoxy) is 1. The zero-order chi connectivity index (χ0) is 14.4. The molecule has 0 aliphatic carbocycles. The number of pyridine rings is 1. The van der Waals surface area contributed by atoms with Gasteiger partial charge in [-0.1, -0.05) is 19.1 Å². The van der Waals surface area contributed by atoms with Crippen LogP contribution < -0.4 is 10.1 Å². The van der Waals surface area contributed by atoms with Crippen LogP contribution in [0.25, 0.3) is 0 Å². The Morgan fingerprint density at radius 2 is 1.90 bits per heavy atom. The first kappa shape index (κ1) is 14.5. The zero-order valence-corrected chi connectivity index (χ0v) is 12.4. The Kier molecular flexibility index (Phi) is 5.13. The molecule has 2 rings (SSSR count). The van der Waals surface area contributed by atoms with Crippen molar-refractivity contribution >= 4 is 0 Å². The van der Waals surface area contributed by atoms with Crippen molar-refractivity contribution in [1.29, 1.82) is 0 Å². The monoisotopic (exact) mass is 270 g/mol. The average Bonchev–Trinajstić information content (AvgIpc) is 2.40. The number of nitrogens with one attached hydrogen (secondary N) is 1. The SMILES string of the molecule is CCCNCc1cccnc1Oc1cc(C)cc(C)c1. The average molecular weight is 270 g/mol.